The molecule has 1 unspecified atom stereocenters. The second-order valence-electron chi connectivity index (χ2n) is 14.5. The molecule has 48 heavy (non-hydrogen) atoms. The summed E-state index contributed by atoms with van der Waals surface area (Å²) in [7, 11) is 0. The summed E-state index contributed by atoms with van der Waals surface area (Å²) < 4.78 is 0. The van der Waals surface area contributed by atoms with Crippen molar-refractivity contribution < 1.29 is 4.79 Å². The van der Waals surface area contributed by atoms with E-state index in [1.165, 1.54) is 106 Å². The largest absolute Gasteiger partial charge is 0.300 e. The molecule has 0 aliphatic rings. The van der Waals surface area contributed by atoms with E-state index in [1.54, 1.807) is 6.92 Å². The second-order valence-corrected chi connectivity index (χ2v) is 14.5. The van der Waals surface area contributed by atoms with E-state index < -0.39 is 0 Å². The van der Waals surface area contributed by atoms with E-state index in [-0.39, 0.29) is 5.78 Å². The number of unbranched alkanes of at least 4 members (excludes halogenated alkanes) is 7. The van der Waals surface area contributed by atoms with E-state index >= 15 is 0 Å². The first-order chi connectivity index (χ1) is 22.8. The molecule has 1 heteroatoms. The van der Waals surface area contributed by atoms with Crippen molar-refractivity contribution in [1.82, 2.24) is 0 Å². The number of ketones is 1. The standard InChI is InChI=1S/C21H32O.C12H20.C7H16.C4H10.C3H8/c1-5-20(14-10-8-6-7-9-13-18(3)22)16-21-15-11-12-17(2)19(21)4;1-6-8-9-11(7-2)10-12(3,4)5;1-3-5-7-6-4-2;1-3-4-2;1-3-2/h7,9,11-12,15,20H,5-6,8,10,13-14,16H2,1-4H3;6-9H,2,10H2,1,3-5H3;3-7H2,1-2H3;3-4H2,1-2H3;3H2,1-2H3/b9-7-;8-6+,11-9+;;;. The Hall–Kier alpha value is -2.15. The van der Waals surface area contributed by atoms with E-state index in [9.17, 15) is 4.79 Å². The van der Waals surface area contributed by atoms with E-state index in [2.05, 4.69) is 126 Å². The van der Waals surface area contributed by atoms with Gasteiger partial charge in [0.2, 0.25) is 0 Å². The maximum Gasteiger partial charge on any atom is 0.133 e. The summed E-state index contributed by atoms with van der Waals surface area (Å²) in [6, 6.07) is 6.67. The van der Waals surface area contributed by atoms with Crippen molar-refractivity contribution in [3.05, 3.63) is 83.5 Å². The van der Waals surface area contributed by atoms with Crippen LogP contribution in [0.4, 0.5) is 0 Å². The molecule has 0 heterocycles. The van der Waals surface area contributed by atoms with Gasteiger partial charge in [-0.2, -0.15) is 0 Å². The third-order valence-electron chi connectivity index (χ3n) is 7.81. The van der Waals surface area contributed by atoms with Gasteiger partial charge in [0.1, 0.15) is 5.78 Å². The number of benzene rings is 1. The number of hydrogen-bond acceptors (Lipinski definition) is 1. The number of aryl methyl sites for hydroxylation is 1. The lowest BCUT2D eigenvalue weighted by molar-refractivity contribution is -0.116. The van der Waals surface area contributed by atoms with Crippen molar-refractivity contribution in [1.29, 1.82) is 0 Å². The van der Waals surface area contributed by atoms with Crippen molar-refractivity contribution in [2.24, 2.45) is 11.3 Å². The number of Topliss-reactive ketones (excluding diaryl/α,β-unsaturated/α-hetero) is 1. The van der Waals surface area contributed by atoms with Crippen LogP contribution in [-0.2, 0) is 11.2 Å². The molecule has 0 saturated carbocycles. The smallest absolute Gasteiger partial charge is 0.133 e. The second kappa shape index (κ2) is 39.3. The maximum atomic E-state index is 10.8. The van der Waals surface area contributed by atoms with Crippen molar-refractivity contribution in [3.8, 4) is 0 Å². The Bertz CT molecular complexity index is 915. The summed E-state index contributed by atoms with van der Waals surface area (Å²) in [6.45, 7) is 34.0. The zero-order chi connectivity index (χ0) is 37.6. The van der Waals surface area contributed by atoms with Crippen LogP contribution in [0.1, 0.15) is 196 Å². The average molecular weight is 667 g/mol. The lowest BCUT2D eigenvalue weighted by Gasteiger charge is -2.18. The molecule has 0 bridgehead atoms. The van der Waals surface area contributed by atoms with E-state index in [4.69, 9.17) is 0 Å². The van der Waals surface area contributed by atoms with Gasteiger partial charge in [0.25, 0.3) is 0 Å². The van der Waals surface area contributed by atoms with E-state index in [0.717, 1.165) is 18.8 Å². The number of allylic oxidation sites excluding steroid dienone is 7. The zero-order valence-corrected chi connectivity index (χ0v) is 35.2. The van der Waals surface area contributed by atoms with Crippen molar-refractivity contribution >= 4 is 5.78 Å². The fourth-order valence-corrected chi connectivity index (χ4v) is 4.56. The van der Waals surface area contributed by atoms with Gasteiger partial charge in [0.15, 0.2) is 0 Å². The van der Waals surface area contributed by atoms with Crippen molar-refractivity contribution in [3.63, 3.8) is 0 Å². The van der Waals surface area contributed by atoms with Crippen LogP contribution in [0, 0.1) is 25.2 Å². The number of carbonyl (C=O) groups excluding carboxylic acids is 1. The molecule has 280 valence electrons. The number of carbonyl (C=O) groups is 1. The summed E-state index contributed by atoms with van der Waals surface area (Å²) in [5.74, 6) is 1.04. The average Bonchev–Trinajstić information content (AvgIpc) is 3.04. The van der Waals surface area contributed by atoms with Crippen LogP contribution in [0.25, 0.3) is 0 Å². The fourth-order valence-electron chi connectivity index (χ4n) is 4.56. The molecule has 1 aromatic rings. The lowest BCUT2D eigenvalue weighted by Crippen LogP contribution is -2.05. The minimum Gasteiger partial charge on any atom is -0.300 e. The third kappa shape index (κ3) is 41.9. The van der Waals surface area contributed by atoms with Gasteiger partial charge >= 0.3 is 0 Å². The van der Waals surface area contributed by atoms with Crippen LogP contribution < -0.4 is 0 Å². The first-order valence-corrected chi connectivity index (χ1v) is 19.9. The van der Waals surface area contributed by atoms with Crippen LogP contribution >= 0.6 is 0 Å². The summed E-state index contributed by atoms with van der Waals surface area (Å²) in [4.78, 5) is 10.8. The molecule has 0 spiro atoms. The third-order valence-corrected chi connectivity index (χ3v) is 7.81. The predicted molar refractivity (Wildman–Crippen MR) is 224 cm³/mol. The first-order valence-electron chi connectivity index (χ1n) is 19.9. The molecule has 0 saturated heterocycles. The van der Waals surface area contributed by atoms with Gasteiger partial charge in [-0.05, 0) is 87.0 Å². The van der Waals surface area contributed by atoms with Gasteiger partial charge < -0.3 is 0 Å². The van der Waals surface area contributed by atoms with Crippen LogP contribution in [0.2, 0.25) is 0 Å². The van der Waals surface area contributed by atoms with E-state index in [1.807, 2.05) is 25.2 Å². The highest BCUT2D eigenvalue weighted by molar-refractivity contribution is 5.76. The van der Waals surface area contributed by atoms with Crippen LogP contribution in [0.15, 0.2) is 66.8 Å². The van der Waals surface area contributed by atoms with E-state index in [0.29, 0.717) is 11.8 Å². The molecule has 1 rings (SSSR count). The van der Waals surface area contributed by atoms with Crippen LogP contribution in [0.3, 0.4) is 0 Å². The predicted octanol–water partition coefficient (Wildman–Crippen LogP) is 16.3. The van der Waals surface area contributed by atoms with Crippen LogP contribution in [-0.4, -0.2) is 5.78 Å². The van der Waals surface area contributed by atoms with Crippen molar-refractivity contribution in [2.75, 3.05) is 0 Å². The summed E-state index contributed by atoms with van der Waals surface area (Å²) in [6.07, 6.45) is 32.3. The fraction of sp³-hybridized carbons (Fsp3) is 0.681. The van der Waals surface area contributed by atoms with Gasteiger partial charge in [-0.1, -0.05) is 201 Å². The van der Waals surface area contributed by atoms with Crippen molar-refractivity contribution in [2.45, 2.75) is 200 Å². The Balaban J connectivity index is -0.000000310. The quantitative estimate of drug-likeness (QED) is 0.0865. The molecule has 0 amide bonds. The Morgan fingerprint density at radius 3 is 1.85 bits per heavy atom. The molecule has 0 aromatic heterocycles. The monoisotopic (exact) mass is 667 g/mol. The molecule has 0 aliphatic carbocycles. The maximum absolute atomic E-state index is 10.8. The summed E-state index contributed by atoms with van der Waals surface area (Å²) >= 11 is 0. The highest BCUT2D eigenvalue weighted by Gasteiger charge is 2.11. The van der Waals surface area contributed by atoms with Gasteiger partial charge in [0.05, 0.1) is 0 Å². The zero-order valence-electron chi connectivity index (χ0n) is 35.2. The normalized spacial score (nSPS) is 11.7. The Labute approximate surface area is 304 Å². The minimum absolute atomic E-state index is 0.246. The summed E-state index contributed by atoms with van der Waals surface area (Å²) in [5, 5.41) is 0. The van der Waals surface area contributed by atoms with Gasteiger partial charge in [0, 0.05) is 6.42 Å². The highest BCUT2D eigenvalue weighted by atomic mass is 16.1. The summed E-state index contributed by atoms with van der Waals surface area (Å²) in [5.41, 5.74) is 6.05. The molecule has 0 fully saturated rings. The SMILES string of the molecule is C=C/C(=C\C=C\C)CC(C)(C)C.CCC.CCC(CCCC/C=C\CC(C)=O)Cc1cccc(C)c1C.CCCC.CCCCCCC. The number of rotatable bonds is 18. The molecule has 1 nitrogen and oxygen atoms in total. The van der Waals surface area contributed by atoms with Gasteiger partial charge in [-0.25, -0.2) is 0 Å². The Morgan fingerprint density at radius 2 is 1.42 bits per heavy atom. The van der Waals surface area contributed by atoms with Gasteiger partial charge in [-0.15, -0.1) is 0 Å². The Morgan fingerprint density at radius 1 is 0.833 bits per heavy atom. The molecular formula is C47H86O. The first kappa shape index (κ1) is 52.7. The van der Waals surface area contributed by atoms with Crippen LogP contribution in [0.5, 0.6) is 0 Å². The number of hydrogen-bond donors (Lipinski definition) is 0. The topological polar surface area (TPSA) is 17.1 Å². The molecular weight excluding hydrogens is 581 g/mol. The molecule has 0 radical (unpaired) electrons. The lowest BCUT2D eigenvalue weighted by atomic mass is 9.88. The molecule has 0 aliphatic heterocycles. The Kier molecular flexibility index (Phi) is 43.1. The molecule has 1 aromatic carbocycles. The van der Waals surface area contributed by atoms with Gasteiger partial charge in [-0.3, -0.25) is 4.79 Å². The highest BCUT2D eigenvalue weighted by Crippen LogP contribution is 2.24. The molecule has 0 N–H and O–H groups in total. The molecule has 1 atom stereocenters. The minimum atomic E-state index is 0.246.